The van der Waals surface area contributed by atoms with E-state index in [-0.39, 0.29) is 35.4 Å². The highest BCUT2D eigenvalue weighted by Crippen LogP contribution is 2.34. The van der Waals surface area contributed by atoms with Crippen molar-refractivity contribution in [3.8, 4) is 17.1 Å². The summed E-state index contributed by atoms with van der Waals surface area (Å²) in [5, 5.41) is 0.0176. The number of rotatable bonds is 11. The minimum atomic E-state index is -0.608. The lowest BCUT2D eigenvalue weighted by Crippen LogP contribution is -2.42. The van der Waals surface area contributed by atoms with E-state index < -0.39 is 11.7 Å². The molecular formula is C33H39FN2O4S2. The van der Waals surface area contributed by atoms with Gasteiger partial charge in [0.25, 0.3) is 0 Å². The van der Waals surface area contributed by atoms with E-state index in [1.54, 1.807) is 34.9 Å². The molecule has 1 amide bonds. The van der Waals surface area contributed by atoms with Crippen LogP contribution < -0.4 is 4.74 Å². The molecule has 42 heavy (non-hydrogen) atoms. The number of amides is 1. The van der Waals surface area contributed by atoms with Crippen molar-refractivity contribution < 1.29 is 23.5 Å². The maximum atomic E-state index is 13.9. The normalized spacial score (nSPS) is 17.6. The number of nitrogens with zero attached hydrogens (tertiary/aromatic N) is 2. The summed E-state index contributed by atoms with van der Waals surface area (Å²) in [6, 6.07) is 19.3. The molecule has 0 aliphatic carbocycles. The zero-order chi connectivity index (χ0) is 30.3. The number of ketones is 1. The third kappa shape index (κ3) is 8.74. The average Bonchev–Trinajstić information content (AvgIpc) is 3.33. The zero-order valence-corrected chi connectivity index (χ0v) is 26.3. The van der Waals surface area contributed by atoms with Crippen LogP contribution in [0.1, 0.15) is 50.7 Å². The van der Waals surface area contributed by atoms with Gasteiger partial charge in [0, 0.05) is 35.8 Å². The molecule has 1 aromatic heterocycles. The third-order valence-electron chi connectivity index (χ3n) is 7.06. The summed E-state index contributed by atoms with van der Waals surface area (Å²) in [7, 11) is 0. The number of Topliss-reactive ketones (excluding diaryl/α,β-unsaturated/α-hetero) is 1. The van der Waals surface area contributed by atoms with Gasteiger partial charge >= 0.3 is 6.09 Å². The summed E-state index contributed by atoms with van der Waals surface area (Å²) in [6.07, 6.45) is 3.26. The standard InChI is InChI=1S/C33H39FN2O4S2/c1-33(2,3)40-32(38)36-20-26(41)19-25(36)21-39-30-15-14-28(31(35-30)23-10-12-24(34)13-11-23)27(16-17-42-4)29(37)18-22-8-6-5-7-9-22/h5-15,25-27,41H,16-21H2,1-4H3/t25-,26-,27-/m0/s1. The Balaban J connectivity index is 1.62. The van der Waals surface area contributed by atoms with Gasteiger partial charge in [0.15, 0.2) is 0 Å². The first kappa shape index (κ1) is 31.9. The second kappa shape index (κ2) is 14.4. The number of hydrogen-bond acceptors (Lipinski definition) is 7. The predicted molar refractivity (Wildman–Crippen MR) is 170 cm³/mol. The van der Waals surface area contributed by atoms with E-state index in [2.05, 4.69) is 12.6 Å². The number of ether oxygens (including phenoxy) is 2. The third-order valence-corrected chi connectivity index (χ3v) is 8.08. The van der Waals surface area contributed by atoms with E-state index in [9.17, 15) is 14.0 Å². The maximum absolute atomic E-state index is 13.9. The monoisotopic (exact) mass is 610 g/mol. The van der Waals surface area contributed by atoms with Crippen molar-refractivity contribution in [1.82, 2.24) is 9.88 Å². The van der Waals surface area contributed by atoms with Gasteiger partial charge in [-0.15, -0.1) is 0 Å². The topological polar surface area (TPSA) is 68.7 Å². The molecule has 2 heterocycles. The Bertz CT molecular complexity index is 1350. The van der Waals surface area contributed by atoms with Gasteiger partial charge in [-0.05, 0) is 81.0 Å². The van der Waals surface area contributed by atoms with Crippen LogP contribution in [-0.4, -0.2) is 63.8 Å². The highest BCUT2D eigenvalue weighted by atomic mass is 32.2. The molecule has 0 N–H and O–H groups in total. The van der Waals surface area contributed by atoms with E-state index in [1.807, 2.05) is 63.4 Å². The molecule has 0 saturated carbocycles. The molecule has 3 aromatic rings. The van der Waals surface area contributed by atoms with E-state index in [0.29, 0.717) is 42.9 Å². The lowest BCUT2D eigenvalue weighted by atomic mass is 9.86. The largest absolute Gasteiger partial charge is 0.475 e. The molecule has 0 radical (unpaired) electrons. The molecule has 6 nitrogen and oxygen atoms in total. The van der Waals surface area contributed by atoms with Crippen molar-refractivity contribution in [1.29, 1.82) is 0 Å². The first-order valence-electron chi connectivity index (χ1n) is 14.2. The first-order valence-corrected chi connectivity index (χ1v) is 16.1. The van der Waals surface area contributed by atoms with Crippen LogP contribution in [0.25, 0.3) is 11.3 Å². The van der Waals surface area contributed by atoms with Crippen LogP contribution in [0.2, 0.25) is 0 Å². The molecule has 0 spiro atoms. The van der Waals surface area contributed by atoms with E-state index in [0.717, 1.165) is 16.9 Å². The molecule has 4 rings (SSSR count). The van der Waals surface area contributed by atoms with Gasteiger partial charge < -0.3 is 14.4 Å². The molecule has 0 bridgehead atoms. The van der Waals surface area contributed by atoms with E-state index >= 15 is 0 Å². The summed E-state index contributed by atoms with van der Waals surface area (Å²) in [5.41, 5.74) is 2.42. The van der Waals surface area contributed by atoms with Crippen LogP contribution in [0.15, 0.2) is 66.7 Å². The number of aromatic nitrogens is 1. The Labute approximate surface area is 257 Å². The van der Waals surface area contributed by atoms with Crippen LogP contribution in [0.4, 0.5) is 9.18 Å². The fraction of sp³-hybridized carbons (Fsp3) is 0.424. The summed E-state index contributed by atoms with van der Waals surface area (Å²) < 4.78 is 25.6. The molecule has 1 fully saturated rings. The second-order valence-corrected chi connectivity index (χ2v) is 13.3. The molecule has 224 valence electrons. The van der Waals surface area contributed by atoms with Crippen LogP contribution >= 0.6 is 24.4 Å². The first-order chi connectivity index (χ1) is 20.0. The van der Waals surface area contributed by atoms with Crippen LogP contribution in [0.3, 0.4) is 0 Å². The van der Waals surface area contributed by atoms with Gasteiger partial charge in [0.2, 0.25) is 5.88 Å². The number of carbonyl (C=O) groups is 2. The fourth-order valence-electron chi connectivity index (χ4n) is 5.07. The highest BCUT2D eigenvalue weighted by Gasteiger charge is 2.37. The summed E-state index contributed by atoms with van der Waals surface area (Å²) >= 11 is 6.29. The van der Waals surface area contributed by atoms with Crippen molar-refractivity contribution in [2.75, 3.05) is 25.2 Å². The lowest BCUT2D eigenvalue weighted by molar-refractivity contribution is -0.119. The number of pyridine rings is 1. The van der Waals surface area contributed by atoms with Gasteiger partial charge in [-0.25, -0.2) is 14.2 Å². The average molecular weight is 611 g/mol. The maximum Gasteiger partial charge on any atom is 0.410 e. The Morgan fingerprint density at radius 2 is 1.81 bits per heavy atom. The SMILES string of the molecule is CSCC[C@H](C(=O)Cc1ccccc1)c1ccc(OC[C@@H]2C[C@H](S)CN2C(=O)OC(C)(C)C)nc1-c1ccc(F)cc1. The summed E-state index contributed by atoms with van der Waals surface area (Å²) in [4.78, 5) is 33.0. The number of thioether (sulfide) groups is 1. The number of carbonyl (C=O) groups excluding carboxylic acids is 2. The van der Waals surface area contributed by atoms with Gasteiger partial charge in [0.05, 0.1) is 11.7 Å². The molecular weight excluding hydrogens is 572 g/mol. The molecule has 2 aromatic carbocycles. The number of likely N-dealkylation sites (tertiary alicyclic amines) is 1. The van der Waals surface area contributed by atoms with Crippen molar-refractivity contribution in [2.24, 2.45) is 0 Å². The Hall–Kier alpha value is -3.04. The van der Waals surface area contributed by atoms with Crippen molar-refractivity contribution in [3.63, 3.8) is 0 Å². The van der Waals surface area contributed by atoms with Crippen LogP contribution in [0.5, 0.6) is 5.88 Å². The quantitative estimate of drug-likeness (QED) is 0.231. The summed E-state index contributed by atoms with van der Waals surface area (Å²) in [5.74, 6) is 0.536. The van der Waals surface area contributed by atoms with Gasteiger partial charge in [-0.2, -0.15) is 24.4 Å². The number of benzene rings is 2. The Morgan fingerprint density at radius 3 is 2.48 bits per heavy atom. The van der Waals surface area contributed by atoms with Crippen molar-refractivity contribution >= 4 is 36.3 Å². The molecule has 1 aliphatic heterocycles. The minimum absolute atomic E-state index is 0.0176. The Morgan fingerprint density at radius 1 is 1.10 bits per heavy atom. The zero-order valence-electron chi connectivity index (χ0n) is 24.6. The van der Waals surface area contributed by atoms with Gasteiger partial charge in [0.1, 0.15) is 23.8 Å². The molecule has 1 saturated heterocycles. The Kier molecular flexibility index (Phi) is 11.0. The lowest BCUT2D eigenvalue weighted by Gasteiger charge is -2.28. The molecule has 9 heteroatoms. The van der Waals surface area contributed by atoms with Gasteiger partial charge in [-0.3, -0.25) is 4.79 Å². The fourth-order valence-corrected chi connectivity index (χ4v) is 5.96. The van der Waals surface area contributed by atoms with Crippen molar-refractivity contribution in [2.45, 2.75) is 62.8 Å². The smallest absolute Gasteiger partial charge is 0.410 e. The predicted octanol–water partition coefficient (Wildman–Crippen LogP) is 7.22. The van der Waals surface area contributed by atoms with E-state index in [4.69, 9.17) is 14.5 Å². The molecule has 3 atom stereocenters. The van der Waals surface area contributed by atoms with E-state index in [1.165, 1.54) is 12.1 Å². The molecule has 0 unspecified atom stereocenters. The second-order valence-electron chi connectivity index (χ2n) is 11.5. The van der Waals surface area contributed by atoms with Crippen LogP contribution in [-0.2, 0) is 16.0 Å². The highest BCUT2D eigenvalue weighted by molar-refractivity contribution is 7.98. The number of hydrogen-bond donors (Lipinski definition) is 1. The minimum Gasteiger partial charge on any atom is -0.475 e. The number of thiol groups is 1. The molecule has 1 aliphatic rings. The van der Waals surface area contributed by atoms with Crippen LogP contribution in [0, 0.1) is 5.82 Å². The van der Waals surface area contributed by atoms with Gasteiger partial charge in [-0.1, -0.05) is 36.4 Å². The summed E-state index contributed by atoms with van der Waals surface area (Å²) in [6.45, 7) is 6.20. The van der Waals surface area contributed by atoms with Crippen molar-refractivity contribution in [3.05, 3.63) is 83.7 Å². The number of halogens is 1.